The number of hydrogen-bond acceptors (Lipinski definition) is 4. The van der Waals surface area contributed by atoms with Crippen LogP contribution in [0.2, 0.25) is 0 Å². The topological polar surface area (TPSA) is 64.6 Å². The highest BCUT2D eigenvalue weighted by molar-refractivity contribution is 5.85. The maximum atomic E-state index is 10.9. The van der Waals surface area contributed by atoms with Crippen LogP contribution in [0, 0.1) is 0 Å². The van der Waals surface area contributed by atoms with Gasteiger partial charge in [-0.1, -0.05) is 0 Å². The van der Waals surface area contributed by atoms with Crippen LogP contribution in [0.4, 0.5) is 4.79 Å². The number of carbonyl (C=O) groups excluding carboxylic acids is 2. The second-order valence-electron chi connectivity index (χ2n) is 3.43. The average molecular weight is 226 g/mol. The number of hydrogen-bond donors (Lipinski definition) is 1. The van der Waals surface area contributed by atoms with E-state index in [4.69, 9.17) is 4.74 Å². The normalized spacial score (nSPS) is 9.71. The van der Waals surface area contributed by atoms with Gasteiger partial charge in [-0.2, -0.15) is 0 Å². The van der Waals surface area contributed by atoms with Crippen LogP contribution in [0.15, 0.2) is 0 Å². The van der Waals surface area contributed by atoms with Crippen LogP contribution in [-0.4, -0.2) is 31.3 Å². The van der Waals surface area contributed by atoms with Crippen LogP contribution < -0.4 is 5.32 Å². The fourth-order valence-corrected chi connectivity index (χ4v) is 0.531. The molecule has 0 aromatic rings. The number of ether oxygens (including phenoxy) is 2. The summed E-state index contributed by atoms with van der Waals surface area (Å²) in [4.78, 5) is 21.5. The van der Waals surface area contributed by atoms with E-state index in [0.29, 0.717) is 0 Å². The molecule has 0 spiro atoms. The molecule has 84 valence electrons. The Morgan fingerprint density at radius 1 is 1.29 bits per heavy atom. The summed E-state index contributed by atoms with van der Waals surface area (Å²) < 4.78 is 9.20. The summed E-state index contributed by atoms with van der Waals surface area (Å²) in [5.74, 6) is -0.508. The molecule has 14 heavy (non-hydrogen) atoms. The average Bonchev–Trinajstić information content (AvgIpc) is 1.97. The van der Waals surface area contributed by atoms with E-state index in [1.165, 1.54) is 7.11 Å². The molecule has 0 aromatic carbocycles. The zero-order chi connectivity index (χ0) is 10.5. The Balaban J connectivity index is 0. The monoisotopic (exact) mass is 225 g/mol. The fourth-order valence-electron chi connectivity index (χ4n) is 0.531. The quantitative estimate of drug-likeness (QED) is 0.715. The Kier molecular flexibility index (Phi) is 7.17. The van der Waals surface area contributed by atoms with Gasteiger partial charge in [-0.15, -0.1) is 12.4 Å². The number of amides is 1. The Bertz CT molecular complexity index is 200. The summed E-state index contributed by atoms with van der Waals surface area (Å²) in [5.41, 5.74) is -0.555. The zero-order valence-corrected chi connectivity index (χ0v) is 9.56. The van der Waals surface area contributed by atoms with E-state index >= 15 is 0 Å². The van der Waals surface area contributed by atoms with Crippen molar-refractivity contribution in [1.82, 2.24) is 5.32 Å². The van der Waals surface area contributed by atoms with Gasteiger partial charge in [-0.25, -0.2) is 4.79 Å². The molecule has 6 heteroatoms. The van der Waals surface area contributed by atoms with Crippen molar-refractivity contribution in [2.24, 2.45) is 0 Å². The van der Waals surface area contributed by atoms with Crippen LogP contribution in [0.5, 0.6) is 0 Å². The van der Waals surface area contributed by atoms with Crippen molar-refractivity contribution in [3.8, 4) is 0 Å². The highest BCUT2D eigenvalue weighted by Crippen LogP contribution is 2.05. The third kappa shape index (κ3) is 9.12. The largest absolute Gasteiger partial charge is 0.468 e. The summed E-state index contributed by atoms with van der Waals surface area (Å²) in [6.07, 6.45) is -0.627. The first kappa shape index (κ1) is 15.5. The van der Waals surface area contributed by atoms with Gasteiger partial charge in [0.2, 0.25) is 0 Å². The van der Waals surface area contributed by atoms with Gasteiger partial charge < -0.3 is 14.8 Å². The minimum atomic E-state index is -0.627. The molecule has 0 atom stereocenters. The lowest BCUT2D eigenvalue weighted by atomic mass is 10.2. The maximum absolute atomic E-state index is 10.9. The molecule has 0 saturated carbocycles. The molecule has 0 saturated heterocycles. The molecule has 0 aromatic heterocycles. The first-order chi connectivity index (χ1) is 5.85. The van der Waals surface area contributed by atoms with Crippen molar-refractivity contribution < 1.29 is 19.1 Å². The van der Waals surface area contributed by atoms with Crippen molar-refractivity contribution in [2.45, 2.75) is 26.4 Å². The van der Waals surface area contributed by atoms with E-state index in [-0.39, 0.29) is 19.0 Å². The van der Waals surface area contributed by atoms with E-state index in [2.05, 4.69) is 10.1 Å². The van der Waals surface area contributed by atoms with Crippen molar-refractivity contribution in [3.63, 3.8) is 0 Å². The van der Waals surface area contributed by atoms with Crippen LogP contribution in [-0.2, 0) is 14.3 Å². The van der Waals surface area contributed by atoms with Crippen LogP contribution in [0.3, 0.4) is 0 Å². The van der Waals surface area contributed by atoms with Gasteiger partial charge in [0.25, 0.3) is 0 Å². The fraction of sp³-hybridized carbons (Fsp3) is 0.750. The number of methoxy groups -OCH3 is 1. The minimum absolute atomic E-state index is 0. The number of alkyl carbamates (subject to hydrolysis) is 1. The molecule has 0 radical (unpaired) electrons. The lowest BCUT2D eigenvalue weighted by Gasteiger charge is -2.19. The Hall–Kier alpha value is -0.970. The molecule has 1 amide bonds. The first-order valence-electron chi connectivity index (χ1n) is 3.89. The van der Waals surface area contributed by atoms with Gasteiger partial charge in [0.05, 0.1) is 7.11 Å². The molecule has 0 aliphatic carbocycles. The van der Waals surface area contributed by atoms with Crippen molar-refractivity contribution in [2.75, 3.05) is 13.7 Å². The summed E-state index contributed by atoms with van der Waals surface area (Å²) in [6.45, 7) is 5.05. The van der Waals surface area contributed by atoms with E-state index in [9.17, 15) is 9.59 Å². The van der Waals surface area contributed by atoms with Crippen molar-refractivity contribution in [1.29, 1.82) is 0 Å². The molecule has 1 N–H and O–H groups in total. The summed E-state index contributed by atoms with van der Waals surface area (Å²) in [6, 6.07) is 0. The third-order valence-electron chi connectivity index (χ3n) is 1.00. The smallest absolute Gasteiger partial charge is 0.408 e. The standard InChI is InChI=1S/C8H15NO4.ClH/c1-8(2,3)13-7(11)9-5-6(10)12-4;/h5H2,1-4H3,(H,9,11);1H. The van der Waals surface area contributed by atoms with Gasteiger partial charge >= 0.3 is 12.1 Å². The van der Waals surface area contributed by atoms with E-state index < -0.39 is 17.7 Å². The second kappa shape index (κ2) is 6.48. The first-order valence-corrected chi connectivity index (χ1v) is 3.89. The van der Waals surface area contributed by atoms with Gasteiger partial charge in [0, 0.05) is 0 Å². The van der Waals surface area contributed by atoms with Gasteiger partial charge in [0.1, 0.15) is 12.1 Å². The Morgan fingerprint density at radius 2 is 1.79 bits per heavy atom. The summed E-state index contributed by atoms with van der Waals surface area (Å²) in [7, 11) is 1.25. The van der Waals surface area contributed by atoms with E-state index in [1.54, 1.807) is 20.8 Å². The third-order valence-corrected chi connectivity index (χ3v) is 1.00. The van der Waals surface area contributed by atoms with Gasteiger partial charge in [-0.3, -0.25) is 4.79 Å². The predicted molar refractivity (Wildman–Crippen MR) is 53.5 cm³/mol. The Morgan fingerprint density at radius 3 is 2.14 bits per heavy atom. The van der Waals surface area contributed by atoms with E-state index in [1.807, 2.05) is 0 Å². The van der Waals surface area contributed by atoms with Crippen molar-refractivity contribution >= 4 is 24.5 Å². The SMILES string of the molecule is COC(=O)CNC(=O)OC(C)(C)C.Cl. The number of carbonyl (C=O) groups is 2. The molecule has 0 fully saturated rings. The molecule has 5 nitrogen and oxygen atoms in total. The molecule has 0 aliphatic rings. The number of esters is 1. The minimum Gasteiger partial charge on any atom is -0.468 e. The number of nitrogens with one attached hydrogen (secondary N) is 1. The lowest BCUT2D eigenvalue weighted by molar-refractivity contribution is -0.139. The van der Waals surface area contributed by atoms with Crippen LogP contribution in [0.25, 0.3) is 0 Å². The molecule has 0 aliphatic heterocycles. The van der Waals surface area contributed by atoms with Crippen molar-refractivity contribution in [3.05, 3.63) is 0 Å². The highest BCUT2D eigenvalue weighted by Gasteiger charge is 2.16. The summed E-state index contributed by atoms with van der Waals surface area (Å²) in [5, 5.41) is 2.25. The van der Waals surface area contributed by atoms with Crippen LogP contribution in [0.1, 0.15) is 20.8 Å². The molecule has 0 unspecified atom stereocenters. The Labute approximate surface area is 89.5 Å². The van der Waals surface area contributed by atoms with Gasteiger partial charge in [-0.05, 0) is 20.8 Å². The maximum Gasteiger partial charge on any atom is 0.408 e. The number of halogens is 1. The second-order valence-corrected chi connectivity index (χ2v) is 3.43. The summed E-state index contributed by atoms with van der Waals surface area (Å²) >= 11 is 0. The predicted octanol–water partition coefficient (Wildman–Crippen LogP) is 1.11. The molecule has 0 heterocycles. The number of rotatable bonds is 2. The lowest BCUT2D eigenvalue weighted by Crippen LogP contribution is -2.35. The van der Waals surface area contributed by atoms with E-state index in [0.717, 1.165) is 0 Å². The van der Waals surface area contributed by atoms with Gasteiger partial charge in [0.15, 0.2) is 0 Å². The molecular weight excluding hydrogens is 210 g/mol. The van der Waals surface area contributed by atoms with Crippen LogP contribution >= 0.6 is 12.4 Å². The molecule has 0 rings (SSSR count). The highest BCUT2D eigenvalue weighted by atomic mass is 35.5. The molecular formula is C8H16ClNO4. The zero-order valence-electron chi connectivity index (χ0n) is 8.75. The molecule has 0 bridgehead atoms.